The van der Waals surface area contributed by atoms with Crippen LogP contribution in [0, 0.1) is 0 Å². The van der Waals surface area contributed by atoms with Gasteiger partial charge in [0.15, 0.2) is 0 Å². The lowest BCUT2D eigenvalue weighted by Crippen LogP contribution is -2.26. The normalized spacial score (nSPS) is 12.6. The van der Waals surface area contributed by atoms with Gasteiger partial charge in [0.05, 0.1) is 23.1 Å². The Balaban J connectivity index is 1.75. The van der Waals surface area contributed by atoms with Gasteiger partial charge in [-0.05, 0) is 13.3 Å². The first-order valence-corrected chi connectivity index (χ1v) is 8.14. The molecule has 114 valence electrons. The number of amides is 1. The summed E-state index contributed by atoms with van der Waals surface area (Å²) < 4.78 is 1.98. The largest absolute Gasteiger partial charge is 0.348 e. The number of nitrogens with zero attached hydrogens (tertiary/aromatic N) is 3. The summed E-state index contributed by atoms with van der Waals surface area (Å²) in [6.07, 6.45) is 6.75. The van der Waals surface area contributed by atoms with Gasteiger partial charge in [-0.25, -0.2) is 9.97 Å². The summed E-state index contributed by atoms with van der Waals surface area (Å²) in [5.74, 6) is 0.503. The van der Waals surface area contributed by atoms with E-state index in [4.69, 9.17) is 0 Å². The van der Waals surface area contributed by atoms with Crippen molar-refractivity contribution >= 4 is 17.2 Å². The summed E-state index contributed by atoms with van der Waals surface area (Å²) in [6.45, 7) is 7.05. The molecule has 0 aromatic carbocycles. The third-order valence-electron chi connectivity index (χ3n) is 3.23. The van der Waals surface area contributed by atoms with Crippen LogP contribution in [0.4, 0.5) is 0 Å². The van der Waals surface area contributed by atoms with Gasteiger partial charge in [0.1, 0.15) is 0 Å². The molecule has 6 heteroatoms. The molecule has 0 fully saturated rings. The molecule has 0 saturated heterocycles. The first-order valence-electron chi connectivity index (χ1n) is 7.26. The molecule has 0 radical (unpaired) electrons. The maximum absolute atomic E-state index is 11.9. The van der Waals surface area contributed by atoms with E-state index in [9.17, 15) is 4.79 Å². The lowest BCUT2D eigenvalue weighted by Gasteiger charge is -2.11. The molecular weight excluding hydrogens is 284 g/mol. The third kappa shape index (κ3) is 4.67. The molecule has 0 saturated carbocycles. The predicted molar refractivity (Wildman–Crippen MR) is 84.2 cm³/mol. The van der Waals surface area contributed by atoms with Crippen molar-refractivity contribution in [3.63, 3.8) is 0 Å². The summed E-state index contributed by atoms with van der Waals surface area (Å²) in [6, 6.07) is -0.0329. The number of hydrogen-bond acceptors (Lipinski definition) is 4. The van der Waals surface area contributed by atoms with Gasteiger partial charge in [0, 0.05) is 36.7 Å². The van der Waals surface area contributed by atoms with Crippen LogP contribution < -0.4 is 5.32 Å². The van der Waals surface area contributed by atoms with E-state index in [0.29, 0.717) is 12.3 Å². The molecule has 2 aromatic heterocycles. The van der Waals surface area contributed by atoms with Crippen LogP contribution in [0.5, 0.6) is 0 Å². The van der Waals surface area contributed by atoms with Crippen LogP contribution in [0.15, 0.2) is 24.1 Å². The van der Waals surface area contributed by atoms with Crippen molar-refractivity contribution in [1.29, 1.82) is 0 Å². The second-order valence-electron chi connectivity index (χ2n) is 5.46. The molecule has 2 aromatic rings. The van der Waals surface area contributed by atoms with Gasteiger partial charge in [-0.3, -0.25) is 4.79 Å². The molecule has 0 bridgehead atoms. The third-order valence-corrected chi connectivity index (χ3v) is 4.40. The van der Waals surface area contributed by atoms with E-state index in [1.165, 1.54) is 0 Å². The zero-order chi connectivity index (χ0) is 15.2. The van der Waals surface area contributed by atoms with Gasteiger partial charge >= 0.3 is 0 Å². The zero-order valence-electron chi connectivity index (χ0n) is 12.7. The number of aromatic nitrogens is 3. The molecule has 1 unspecified atom stereocenters. The number of carbonyl (C=O) groups is 1. The fourth-order valence-corrected chi connectivity index (χ4v) is 2.92. The molecule has 0 aliphatic carbocycles. The maximum Gasteiger partial charge on any atom is 0.220 e. The smallest absolute Gasteiger partial charge is 0.220 e. The van der Waals surface area contributed by atoms with Crippen molar-refractivity contribution in [3.8, 4) is 0 Å². The van der Waals surface area contributed by atoms with Crippen molar-refractivity contribution < 1.29 is 4.79 Å². The van der Waals surface area contributed by atoms with E-state index in [0.717, 1.165) is 23.7 Å². The molecule has 1 N–H and O–H groups in total. The summed E-state index contributed by atoms with van der Waals surface area (Å²) in [4.78, 5) is 20.5. The second-order valence-corrected chi connectivity index (χ2v) is 6.35. The quantitative estimate of drug-likeness (QED) is 0.855. The molecule has 2 rings (SSSR count). The minimum Gasteiger partial charge on any atom is -0.348 e. The molecule has 2 heterocycles. The summed E-state index contributed by atoms with van der Waals surface area (Å²) in [5.41, 5.74) is 0.951. The Hall–Kier alpha value is -1.69. The van der Waals surface area contributed by atoms with E-state index in [2.05, 4.69) is 29.1 Å². The monoisotopic (exact) mass is 306 g/mol. The first kappa shape index (κ1) is 15.7. The van der Waals surface area contributed by atoms with Crippen LogP contribution in [0.3, 0.4) is 0 Å². The van der Waals surface area contributed by atoms with E-state index in [1.807, 2.05) is 23.1 Å². The molecule has 1 atom stereocenters. The van der Waals surface area contributed by atoms with Crippen molar-refractivity contribution in [3.05, 3.63) is 34.8 Å². The van der Waals surface area contributed by atoms with Crippen LogP contribution in [0.1, 0.15) is 56.3 Å². The van der Waals surface area contributed by atoms with Crippen molar-refractivity contribution in [2.45, 2.75) is 52.1 Å². The highest BCUT2D eigenvalue weighted by Crippen LogP contribution is 2.22. The maximum atomic E-state index is 11.9. The number of imidazole rings is 1. The van der Waals surface area contributed by atoms with Crippen LogP contribution in [-0.2, 0) is 11.3 Å². The topological polar surface area (TPSA) is 59.8 Å². The van der Waals surface area contributed by atoms with Crippen LogP contribution in [-0.4, -0.2) is 20.4 Å². The fourth-order valence-electron chi connectivity index (χ4n) is 1.99. The van der Waals surface area contributed by atoms with Crippen LogP contribution in [0.25, 0.3) is 0 Å². The highest BCUT2D eigenvalue weighted by Gasteiger charge is 2.14. The predicted octanol–water partition coefficient (Wildman–Crippen LogP) is 3.12. The van der Waals surface area contributed by atoms with E-state index in [-0.39, 0.29) is 11.9 Å². The Morgan fingerprint density at radius 3 is 2.86 bits per heavy atom. The van der Waals surface area contributed by atoms with Crippen molar-refractivity contribution in [2.75, 3.05) is 0 Å². The summed E-state index contributed by atoms with van der Waals surface area (Å²) in [5, 5.41) is 6.16. The molecule has 5 nitrogen and oxygen atoms in total. The van der Waals surface area contributed by atoms with Gasteiger partial charge in [0.25, 0.3) is 0 Å². The van der Waals surface area contributed by atoms with Gasteiger partial charge < -0.3 is 9.88 Å². The zero-order valence-corrected chi connectivity index (χ0v) is 13.6. The average molecular weight is 306 g/mol. The number of hydrogen-bond donors (Lipinski definition) is 1. The Labute approximate surface area is 129 Å². The lowest BCUT2D eigenvalue weighted by atomic mass is 10.2. The average Bonchev–Trinajstić information content (AvgIpc) is 3.09. The molecule has 0 spiro atoms. The number of thiazole rings is 1. The highest BCUT2D eigenvalue weighted by molar-refractivity contribution is 7.09. The fraction of sp³-hybridized carbons (Fsp3) is 0.533. The SMILES string of the molecule is CC(C)c1nc(C(C)NC(=O)CCCn2ccnc2)cs1. The van der Waals surface area contributed by atoms with E-state index < -0.39 is 0 Å². The van der Waals surface area contributed by atoms with Gasteiger partial charge in [-0.1, -0.05) is 13.8 Å². The summed E-state index contributed by atoms with van der Waals surface area (Å²) in [7, 11) is 0. The van der Waals surface area contributed by atoms with E-state index >= 15 is 0 Å². The molecule has 1 amide bonds. The second kappa shape index (κ2) is 7.36. The Morgan fingerprint density at radius 1 is 1.43 bits per heavy atom. The molecule has 0 aliphatic rings. The first-order chi connectivity index (χ1) is 10.1. The standard InChI is InChI=1S/C15H22N4OS/c1-11(2)15-18-13(9-21-15)12(3)17-14(20)5-4-7-19-8-6-16-10-19/h6,8-12H,4-5,7H2,1-3H3,(H,17,20). The molecule has 0 aliphatic heterocycles. The minimum absolute atomic E-state index is 0.0329. The lowest BCUT2D eigenvalue weighted by molar-refractivity contribution is -0.121. The Kier molecular flexibility index (Phi) is 5.50. The van der Waals surface area contributed by atoms with E-state index in [1.54, 1.807) is 23.9 Å². The molecule has 21 heavy (non-hydrogen) atoms. The van der Waals surface area contributed by atoms with Crippen LogP contribution >= 0.6 is 11.3 Å². The minimum atomic E-state index is -0.0329. The van der Waals surface area contributed by atoms with Crippen LogP contribution in [0.2, 0.25) is 0 Å². The van der Waals surface area contributed by atoms with Crippen molar-refractivity contribution in [1.82, 2.24) is 19.9 Å². The van der Waals surface area contributed by atoms with Crippen molar-refractivity contribution in [2.24, 2.45) is 0 Å². The Bertz CT molecular complexity index is 562. The number of aryl methyl sites for hydroxylation is 1. The Morgan fingerprint density at radius 2 is 2.24 bits per heavy atom. The molecular formula is C15H22N4OS. The van der Waals surface area contributed by atoms with Gasteiger partial charge in [0.2, 0.25) is 5.91 Å². The van der Waals surface area contributed by atoms with Gasteiger partial charge in [-0.15, -0.1) is 11.3 Å². The number of carbonyl (C=O) groups excluding carboxylic acids is 1. The van der Waals surface area contributed by atoms with Gasteiger partial charge in [-0.2, -0.15) is 0 Å². The number of nitrogens with one attached hydrogen (secondary N) is 1. The highest BCUT2D eigenvalue weighted by atomic mass is 32.1. The number of rotatable bonds is 7. The summed E-state index contributed by atoms with van der Waals surface area (Å²) >= 11 is 1.66.